The summed E-state index contributed by atoms with van der Waals surface area (Å²) in [6.45, 7) is 17.2. The van der Waals surface area contributed by atoms with E-state index in [4.69, 9.17) is 56.4 Å². The minimum atomic E-state index is -1.56. The average Bonchev–Trinajstić information content (AvgIpc) is 3.27. The van der Waals surface area contributed by atoms with Crippen LogP contribution in [0.1, 0.15) is 104 Å². The topological polar surface area (TPSA) is 240 Å². The lowest BCUT2D eigenvalue weighted by molar-refractivity contribution is -0.319. The Labute approximate surface area is 403 Å². The number of halogens is 2. The first-order valence-corrected chi connectivity index (χ1v) is 23.4. The summed E-state index contributed by atoms with van der Waals surface area (Å²) in [5.41, 5.74) is 1.01. The number of methoxy groups -OCH3 is 1. The third-order valence-corrected chi connectivity index (χ3v) is 13.7. The number of hydrogen-bond acceptors (Lipinski definition) is 16. The van der Waals surface area contributed by atoms with E-state index >= 15 is 0 Å². The molecule has 0 bridgehead atoms. The molecular formula is C49H70Cl2O16. The molecule has 2 fully saturated rings. The van der Waals surface area contributed by atoms with Gasteiger partial charge in [0, 0.05) is 25.4 Å². The van der Waals surface area contributed by atoms with Crippen molar-refractivity contribution in [2.24, 2.45) is 11.8 Å². The Morgan fingerprint density at radius 2 is 1.61 bits per heavy atom. The van der Waals surface area contributed by atoms with E-state index in [0.717, 1.165) is 11.1 Å². The smallest absolute Gasteiger partial charge is 0.342 e. The molecule has 3 heterocycles. The monoisotopic (exact) mass is 984 g/mol. The lowest BCUT2D eigenvalue weighted by Gasteiger charge is -2.47. The predicted octanol–water partition coefficient (Wildman–Crippen LogP) is 6.30. The van der Waals surface area contributed by atoms with Gasteiger partial charge in [0.15, 0.2) is 30.2 Å². The fourth-order valence-corrected chi connectivity index (χ4v) is 8.85. The minimum Gasteiger partial charge on any atom is -0.505 e. The van der Waals surface area contributed by atoms with Gasteiger partial charge < -0.3 is 68.9 Å². The molecule has 376 valence electrons. The number of benzene rings is 1. The summed E-state index contributed by atoms with van der Waals surface area (Å²) in [6, 6.07) is 0. The molecule has 0 aliphatic carbocycles. The van der Waals surface area contributed by atoms with E-state index in [1.54, 1.807) is 39.0 Å². The van der Waals surface area contributed by atoms with Gasteiger partial charge in [-0.3, -0.25) is 0 Å². The second-order valence-corrected chi connectivity index (χ2v) is 18.9. The number of aromatic hydroxyl groups is 2. The normalized spacial score (nSPS) is 36.6. The number of cyclic esters (lactones) is 1. The van der Waals surface area contributed by atoms with Crippen LogP contribution in [0.25, 0.3) is 0 Å². The Bertz CT molecular complexity index is 2040. The Hall–Kier alpha value is -3.36. The van der Waals surface area contributed by atoms with Crippen molar-refractivity contribution in [1.82, 2.24) is 0 Å². The highest BCUT2D eigenvalue weighted by Crippen LogP contribution is 2.45. The molecule has 16 nitrogen and oxygen atoms in total. The fourth-order valence-electron chi connectivity index (χ4n) is 8.29. The maximum Gasteiger partial charge on any atom is 0.342 e. The lowest BCUT2D eigenvalue weighted by Crippen LogP contribution is -2.59. The van der Waals surface area contributed by atoms with Crippen LogP contribution in [-0.2, 0) is 44.4 Å². The third-order valence-electron chi connectivity index (χ3n) is 12.9. The summed E-state index contributed by atoms with van der Waals surface area (Å²) in [6.07, 6.45) is -2.60. The van der Waals surface area contributed by atoms with E-state index in [9.17, 15) is 45.3 Å². The van der Waals surface area contributed by atoms with Crippen LogP contribution in [0.3, 0.4) is 0 Å². The second kappa shape index (κ2) is 24.5. The first kappa shape index (κ1) is 56.2. The average molecular weight is 986 g/mol. The third kappa shape index (κ3) is 13.5. The van der Waals surface area contributed by atoms with Crippen LogP contribution >= 0.6 is 23.2 Å². The van der Waals surface area contributed by atoms with Crippen molar-refractivity contribution in [3.05, 3.63) is 79.9 Å². The van der Waals surface area contributed by atoms with Crippen LogP contribution in [0.4, 0.5) is 0 Å². The van der Waals surface area contributed by atoms with Crippen molar-refractivity contribution in [3.8, 4) is 11.5 Å². The van der Waals surface area contributed by atoms with E-state index < -0.39 is 120 Å². The summed E-state index contributed by atoms with van der Waals surface area (Å²) in [5, 5.41) is 75.7. The number of carbonyl (C=O) groups excluding carboxylic acids is 2. The number of allylic oxidation sites excluding steroid dienone is 4. The van der Waals surface area contributed by atoms with Gasteiger partial charge in [-0.15, -0.1) is 0 Å². The van der Waals surface area contributed by atoms with Crippen LogP contribution in [0, 0.1) is 11.8 Å². The van der Waals surface area contributed by atoms with Gasteiger partial charge in [0.1, 0.15) is 35.0 Å². The van der Waals surface area contributed by atoms with Gasteiger partial charge in [-0.1, -0.05) is 79.9 Å². The van der Waals surface area contributed by atoms with Crippen molar-refractivity contribution in [3.63, 3.8) is 0 Å². The number of hydrogen-bond donors (Lipinski definition) is 7. The van der Waals surface area contributed by atoms with Crippen molar-refractivity contribution in [2.45, 2.75) is 174 Å². The Morgan fingerprint density at radius 1 is 0.940 bits per heavy atom. The van der Waals surface area contributed by atoms with Crippen LogP contribution < -0.4 is 0 Å². The van der Waals surface area contributed by atoms with E-state index in [2.05, 4.69) is 0 Å². The first-order chi connectivity index (χ1) is 31.4. The zero-order chi connectivity index (χ0) is 50.2. The maximum absolute atomic E-state index is 13.9. The van der Waals surface area contributed by atoms with Gasteiger partial charge in [-0.25, -0.2) is 9.59 Å². The molecule has 67 heavy (non-hydrogen) atoms. The highest BCUT2D eigenvalue weighted by molar-refractivity contribution is 6.39. The summed E-state index contributed by atoms with van der Waals surface area (Å²) < 4.78 is 41.9. The largest absolute Gasteiger partial charge is 0.505 e. The van der Waals surface area contributed by atoms with Gasteiger partial charge in [-0.05, 0) is 90.5 Å². The fraction of sp³-hybridized carbons (Fsp3) is 0.633. The number of ether oxygens (including phenoxy) is 7. The van der Waals surface area contributed by atoms with Gasteiger partial charge in [-0.2, -0.15) is 0 Å². The molecule has 0 radical (unpaired) electrons. The summed E-state index contributed by atoms with van der Waals surface area (Å²) in [4.78, 5) is 27.4. The van der Waals surface area contributed by atoms with Gasteiger partial charge in [0.25, 0.3) is 0 Å². The second-order valence-electron chi connectivity index (χ2n) is 18.1. The van der Waals surface area contributed by atoms with E-state index in [1.807, 2.05) is 46.8 Å². The van der Waals surface area contributed by atoms with Crippen LogP contribution in [0.5, 0.6) is 11.5 Å². The highest BCUT2D eigenvalue weighted by atomic mass is 35.5. The molecule has 1 aromatic carbocycles. The van der Waals surface area contributed by atoms with Gasteiger partial charge in [0.05, 0.1) is 53.3 Å². The molecular weight excluding hydrogens is 915 g/mol. The molecule has 4 rings (SSSR count). The molecule has 3 aliphatic rings. The predicted molar refractivity (Wildman–Crippen MR) is 250 cm³/mol. The van der Waals surface area contributed by atoms with Crippen LogP contribution in [0.2, 0.25) is 10.0 Å². The summed E-state index contributed by atoms with van der Waals surface area (Å²) in [5.74, 6) is -3.96. The number of phenols is 2. The molecule has 3 aliphatic heterocycles. The lowest BCUT2D eigenvalue weighted by atomic mass is 9.82. The van der Waals surface area contributed by atoms with Crippen molar-refractivity contribution >= 4 is 35.1 Å². The standard InChI is InChI=1S/C49H70Cl2O16/c1-12-29-21-24(4)32(53)17-15-14-16-30(22-62-48-44(61-11)41(58)43(28(8)63-48)65-46(60)34-31(13-2)35(50)39(56)36(51)38(34)55)45(59)64-33(27(7)52)19-18-23(3)20-25(5)42(29)66-47-40(57)37(54)26(6)49(9,10)67-47/h14-16,18,20-21,26-29,32-33,37,40-44,47-48,52-58H,12-13,17,19,22H2,1-11H3/b15-14+,23-18+,24-21+,25-20+,30-16+/t26-,27+,28+,29-,32-,33-,37-,40-,41-,42-,43+,44-,47+,48+/m0/s1. The Balaban J connectivity index is 1.60. The number of rotatable bonds is 11. The molecule has 7 N–H and O–H groups in total. The van der Waals surface area contributed by atoms with Crippen LogP contribution in [-0.4, -0.2) is 141 Å². The Kier molecular flexibility index (Phi) is 20.5. The zero-order valence-corrected chi connectivity index (χ0v) is 41.7. The molecule has 0 aromatic heterocycles. The first-order valence-electron chi connectivity index (χ1n) is 22.7. The number of esters is 2. The summed E-state index contributed by atoms with van der Waals surface area (Å²) in [7, 11) is 1.27. The van der Waals surface area contributed by atoms with E-state index in [1.165, 1.54) is 27.0 Å². The van der Waals surface area contributed by atoms with E-state index in [0.29, 0.717) is 12.0 Å². The molecule has 1 aromatic rings. The number of aliphatic hydroxyl groups is 5. The van der Waals surface area contributed by atoms with Crippen molar-refractivity contribution in [1.29, 1.82) is 0 Å². The maximum atomic E-state index is 13.9. The number of aliphatic hydroxyl groups excluding tert-OH is 5. The SMILES string of the molecule is CCc1c(Cl)c(O)c(Cl)c(O)c1C(=O)O[C@H]1[C@H](O)[C@H](OC)[C@H](OC/C2=C\C=C\C[C@H](O)/C(C)=C/[C@H](CC)[C@@H](O[C@@H]3OC(C)(C)[C@@H](C)[C@H](O)[C@@H]3O)/C(C)=C/C(C)=C/C[C@@H]([C@@H](C)O)OC2=O)O[C@@H]1C. The molecule has 0 unspecified atom stereocenters. The van der Waals surface area contributed by atoms with Gasteiger partial charge >= 0.3 is 11.9 Å². The van der Waals surface area contributed by atoms with Crippen LogP contribution in [0.15, 0.2) is 58.7 Å². The van der Waals surface area contributed by atoms with Crippen molar-refractivity contribution in [2.75, 3.05) is 13.7 Å². The quantitative estimate of drug-likeness (QED) is 0.0951. The van der Waals surface area contributed by atoms with Gasteiger partial charge in [0.2, 0.25) is 0 Å². The molecule has 0 saturated carbocycles. The number of phenolic OH excluding ortho intramolecular Hbond substituents is 2. The molecule has 18 heteroatoms. The molecule has 0 spiro atoms. The highest BCUT2D eigenvalue weighted by Gasteiger charge is 2.49. The minimum absolute atomic E-state index is 0.0140. The Morgan fingerprint density at radius 3 is 2.22 bits per heavy atom. The molecule has 0 amide bonds. The number of carbonyl (C=O) groups is 2. The summed E-state index contributed by atoms with van der Waals surface area (Å²) >= 11 is 12.3. The molecule has 14 atom stereocenters. The molecule has 2 saturated heterocycles. The van der Waals surface area contributed by atoms with Crippen molar-refractivity contribution < 1.29 is 78.5 Å². The zero-order valence-electron chi connectivity index (χ0n) is 40.1. The van der Waals surface area contributed by atoms with E-state index in [-0.39, 0.29) is 47.3 Å².